The van der Waals surface area contributed by atoms with Gasteiger partial charge in [-0.3, -0.25) is 14.9 Å². The van der Waals surface area contributed by atoms with E-state index in [-0.39, 0.29) is 11.6 Å². The largest absolute Gasteiger partial charge is 0.348 e. The van der Waals surface area contributed by atoms with E-state index in [0.29, 0.717) is 29.3 Å². The number of non-ortho nitro benzene ring substituents is 1. The van der Waals surface area contributed by atoms with E-state index in [1.54, 1.807) is 23.7 Å². The maximum atomic E-state index is 13.1. The van der Waals surface area contributed by atoms with Crippen LogP contribution in [0.15, 0.2) is 72.2 Å². The third-order valence-electron chi connectivity index (χ3n) is 4.75. The first kappa shape index (κ1) is 18.4. The van der Waals surface area contributed by atoms with Gasteiger partial charge in [-0.15, -0.1) is 0 Å². The fraction of sp³-hybridized carbons (Fsp3) is 0.150. The van der Waals surface area contributed by atoms with Crippen molar-refractivity contribution in [1.82, 2.24) is 20.1 Å². The number of hydrogen-bond donors (Lipinski definition) is 2. The van der Waals surface area contributed by atoms with E-state index < -0.39 is 11.0 Å². The molecule has 0 spiro atoms. The number of aromatic nitrogens is 3. The number of anilines is 1. The zero-order valence-corrected chi connectivity index (χ0v) is 15.6. The molecule has 1 aliphatic heterocycles. The molecule has 0 aliphatic carbocycles. The van der Waals surface area contributed by atoms with Gasteiger partial charge in [-0.25, -0.2) is 4.68 Å². The van der Waals surface area contributed by atoms with Gasteiger partial charge in [-0.2, -0.15) is 10.1 Å². The van der Waals surface area contributed by atoms with Crippen molar-refractivity contribution in [2.24, 2.45) is 0 Å². The van der Waals surface area contributed by atoms with Crippen LogP contribution in [-0.4, -0.2) is 25.6 Å². The Morgan fingerprint density at radius 2 is 1.93 bits per heavy atom. The summed E-state index contributed by atoms with van der Waals surface area (Å²) < 4.78 is 1.60. The second kappa shape index (κ2) is 7.55. The van der Waals surface area contributed by atoms with Crippen LogP contribution >= 0.6 is 0 Å². The summed E-state index contributed by atoms with van der Waals surface area (Å²) in [4.78, 5) is 27.8. The molecule has 1 aromatic heterocycles. The summed E-state index contributed by atoms with van der Waals surface area (Å²) in [6, 6.07) is 15.2. The maximum absolute atomic E-state index is 13.1. The fourth-order valence-electron chi connectivity index (χ4n) is 3.34. The van der Waals surface area contributed by atoms with E-state index in [0.717, 1.165) is 5.56 Å². The Hall–Kier alpha value is -4.01. The highest BCUT2D eigenvalue weighted by Gasteiger charge is 2.33. The Labute approximate surface area is 166 Å². The fourth-order valence-corrected chi connectivity index (χ4v) is 3.34. The predicted octanol–water partition coefficient (Wildman–Crippen LogP) is 2.79. The van der Waals surface area contributed by atoms with Crippen LogP contribution in [0.25, 0.3) is 0 Å². The van der Waals surface area contributed by atoms with Gasteiger partial charge < -0.3 is 10.6 Å². The molecule has 1 amide bonds. The number of rotatable bonds is 5. The van der Waals surface area contributed by atoms with Gasteiger partial charge in [0.05, 0.1) is 10.5 Å². The van der Waals surface area contributed by atoms with Gasteiger partial charge in [0.2, 0.25) is 5.95 Å². The molecule has 9 nitrogen and oxygen atoms in total. The van der Waals surface area contributed by atoms with E-state index in [9.17, 15) is 14.9 Å². The molecule has 2 heterocycles. The molecule has 9 heteroatoms. The van der Waals surface area contributed by atoms with Crippen molar-refractivity contribution in [1.29, 1.82) is 0 Å². The van der Waals surface area contributed by atoms with Crippen LogP contribution in [0, 0.1) is 10.1 Å². The van der Waals surface area contributed by atoms with Crippen molar-refractivity contribution in [3.8, 4) is 0 Å². The zero-order chi connectivity index (χ0) is 20.4. The van der Waals surface area contributed by atoms with Crippen LogP contribution in [0.3, 0.4) is 0 Å². The van der Waals surface area contributed by atoms with Crippen LogP contribution in [0.2, 0.25) is 0 Å². The summed E-state index contributed by atoms with van der Waals surface area (Å²) in [6.07, 6.45) is 1.40. The zero-order valence-electron chi connectivity index (χ0n) is 15.6. The number of nitrogens with one attached hydrogen (secondary N) is 2. The van der Waals surface area contributed by atoms with E-state index in [1.165, 1.54) is 18.5 Å². The molecule has 0 saturated carbocycles. The molecule has 0 fully saturated rings. The number of nitrogens with zero attached hydrogens (tertiary/aromatic N) is 4. The highest BCUT2D eigenvalue weighted by molar-refractivity contribution is 5.96. The molecule has 4 rings (SSSR count). The number of nitro benzene ring substituents is 1. The molecule has 3 aromatic rings. The highest BCUT2D eigenvalue weighted by atomic mass is 16.6. The molecular weight excluding hydrogens is 372 g/mol. The molecule has 146 valence electrons. The number of allylic oxidation sites excluding steroid dienone is 1. The molecule has 1 atom stereocenters. The first-order valence-corrected chi connectivity index (χ1v) is 8.98. The first-order chi connectivity index (χ1) is 14.0. The van der Waals surface area contributed by atoms with Crippen LogP contribution < -0.4 is 10.6 Å². The molecular formula is C20H18N6O3. The number of benzene rings is 2. The van der Waals surface area contributed by atoms with E-state index >= 15 is 0 Å². The molecule has 29 heavy (non-hydrogen) atoms. The summed E-state index contributed by atoms with van der Waals surface area (Å²) >= 11 is 0. The van der Waals surface area contributed by atoms with Gasteiger partial charge in [-0.1, -0.05) is 30.3 Å². The second-order valence-corrected chi connectivity index (χ2v) is 6.61. The Kier molecular flexibility index (Phi) is 4.78. The first-order valence-electron chi connectivity index (χ1n) is 8.98. The van der Waals surface area contributed by atoms with Gasteiger partial charge in [0, 0.05) is 24.4 Å². The standard InChI is InChI=1S/C20H18N6O3/c1-13-17(19(27)21-11-14-5-3-2-4-6-14)18(25-20(24-13)22-12-23-25)15-7-9-16(10-8-15)26(28)29/h2-10,12,18H,11H2,1H3,(H,21,27)(H,22,23,24)/t18-/m1/s1. The van der Waals surface area contributed by atoms with E-state index in [4.69, 9.17) is 0 Å². The monoisotopic (exact) mass is 390 g/mol. The van der Waals surface area contributed by atoms with Crippen molar-refractivity contribution in [2.75, 3.05) is 5.32 Å². The van der Waals surface area contributed by atoms with Crippen LogP contribution in [0.5, 0.6) is 0 Å². The van der Waals surface area contributed by atoms with Gasteiger partial charge in [0.1, 0.15) is 12.4 Å². The quantitative estimate of drug-likeness (QED) is 0.511. The number of carbonyl (C=O) groups excluding carboxylic acids is 1. The number of nitro groups is 1. The average molecular weight is 390 g/mol. The van der Waals surface area contributed by atoms with Crippen molar-refractivity contribution < 1.29 is 9.72 Å². The molecule has 0 bridgehead atoms. The summed E-state index contributed by atoms with van der Waals surface area (Å²) in [5, 5.41) is 21.3. The topological polar surface area (TPSA) is 115 Å². The van der Waals surface area contributed by atoms with Gasteiger partial charge >= 0.3 is 0 Å². The number of fused-ring (bicyclic) bond motifs is 1. The smallest absolute Gasteiger partial charge is 0.269 e. The summed E-state index contributed by atoms with van der Waals surface area (Å²) in [5.41, 5.74) is 2.80. The van der Waals surface area contributed by atoms with Crippen LogP contribution in [-0.2, 0) is 11.3 Å². The minimum Gasteiger partial charge on any atom is -0.348 e. The normalized spacial score (nSPS) is 15.4. The lowest BCUT2D eigenvalue weighted by Gasteiger charge is -2.28. The molecule has 0 radical (unpaired) electrons. The summed E-state index contributed by atoms with van der Waals surface area (Å²) in [5.74, 6) is 0.258. The summed E-state index contributed by atoms with van der Waals surface area (Å²) in [6.45, 7) is 2.18. The second-order valence-electron chi connectivity index (χ2n) is 6.61. The molecule has 0 unspecified atom stereocenters. The lowest BCUT2D eigenvalue weighted by molar-refractivity contribution is -0.384. The lowest BCUT2D eigenvalue weighted by atomic mass is 9.95. The Bertz CT molecular complexity index is 1090. The lowest BCUT2D eigenvalue weighted by Crippen LogP contribution is -2.34. The van der Waals surface area contributed by atoms with Crippen molar-refractivity contribution in [2.45, 2.75) is 19.5 Å². The Morgan fingerprint density at radius 3 is 2.62 bits per heavy atom. The van der Waals surface area contributed by atoms with Gasteiger partial charge in [0.15, 0.2) is 0 Å². The third-order valence-corrected chi connectivity index (χ3v) is 4.75. The maximum Gasteiger partial charge on any atom is 0.269 e. The summed E-state index contributed by atoms with van der Waals surface area (Å²) in [7, 11) is 0. The number of hydrogen-bond acceptors (Lipinski definition) is 6. The molecule has 2 aromatic carbocycles. The minimum absolute atomic E-state index is 0.0164. The van der Waals surface area contributed by atoms with E-state index in [1.807, 2.05) is 30.3 Å². The molecule has 0 saturated heterocycles. The predicted molar refractivity (Wildman–Crippen MR) is 106 cm³/mol. The van der Waals surface area contributed by atoms with Crippen molar-refractivity contribution in [3.05, 3.63) is 93.4 Å². The van der Waals surface area contributed by atoms with Crippen LogP contribution in [0.1, 0.15) is 24.1 Å². The molecule has 2 N–H and O–H groups in total. The Balaban J connectivity index is 1.68. The van der Waals surface area contributed by atoms with Crippen molar-refractivity contribution >= 4 is 17.5 Å². The Morgan fingerprint density at radius 1 is 1.21 bits per heavy atom. The van der Waals surface area contributed by atoms with Crippen LogP contribution in [0.4, 0.5) is 11.6 Å². The average Bonchev–Trinajstić information content (AvgIpc) is 3.20. The van der Waals surface area contributed by atoms with E-state index in [2.05, 4.69) is 20.7 Å². The van der Waals surface area contributed by atoms with Crippen molar-refractivity contribution in [3.63, 3.8) is 0 Å². The SMILES string of the molecule is CC1=C(C(=O)NCc2ccccc2)[C@@H](c2ccc([N+](=O)[O-])cc2)n2ncnc2N1. The number of carbonyl (C=O) groups is 1. The molecule has 1 aliphatic rings. The number of amides is 1. The van der Waals surface area contributed by atoms with Gasteiger partial charge in [-0.05, 0) is 30.2 Å². The third kappa shape index (κ3) is 3.57. The van der Waals surface area contributed by atoms with Gasteiger partial charge in [0.25, 0.3) is 11.6 Å². The minimum atomic E-state index is -0.551. The highest BCUT2D eigenvalue weighted by Crippen LogP contribution is 2.35.